The molecule has 0 spiro atoms. The topological polar surface area (TPSA) is 70.8 Å². The van der Waals surface area contributed by atoms with Crippen molar-refractivity contribution in [3.8, 4) is 0 Å². The number of nitrogens with zero attached hydrogens (tertiary/aromatic N) is 1. The number of carbonyl (C=O) groups is 2. The first-order valence-electron chi connectivity index (χ1n) is 7.10. The van der Waals surface area contributed by atoms with Gasteiger partial charge in [0.25, 0.3) is 5.91 Å². The summed E-state index contributed by atoms with van der Waals surface area (Å²) < 4.78 is 5.44. The van der Waals surface area contributed by atoms with Gasteiger partial charge < -0.3 is 9.52 Å². The lowest BCUT2D eigenvalue weighted by molar-refractivity contribution is -0.145. The molecule has 1 fully saturated rings. The number of hydrogen-bond acceptors (Lipinski definition) is 5. The first kappa shape index (κ1) is 17.5. The van der Waals surface area contributed by atoms with E-state index in [0.29, 0.717) is 17.1 Å². The minimum atomic E-state index is -1.04. The number of allylic oxidation sites excluding steroid dienone is 2. The molecule has 1 atom stereocenters. The van der Waals surface area contributed by atoms with Crippen LogP contribution in [0.3, 0.4) is 0 Å². The second kappa shape index (κ2) is 7.61. The summed E-state index contributed by atoms with van der Waals surface area (Å²) in [5, 5.41) is 9.40. The molecule has 0 radical (unpaired) electrons. The normalized spacial score (nSPS) is 18.6. The van der Waals surface area contributed by atoms with Crippen molar-refractivity contribution >= 4 is 46.3 Å². The highest BCUT2D eigenvalue weighted by molar-refractivity contribution is 8.26. The fourth-order valence-corrected chi connectivity index (χ4v) is 3.45. The van der Waals surface area contributed by atoms with Gasteiger partial charge in [-0.25, -0.2) is 4.79 Å². The highest BCUT2D eigenvalue weighted by Crippen LogP contribution is 2.34. The van der Waals surface area contributed by atoms with Crippen molar-refractivity contribution in [3.63, 3.8) is 0 Å². The van der Waals surface area contributed by atoms with Gasteiger partial charge in [0.2, 0.25) is 0 Å². The van der Waals surface area contributed by atoms with Crippen LogP contribution in [0, 0.1) is 5.92 Å². The minimum absolute atomic E-state index is 0.142. The van der Waals surface area contributed by atoms with Gasteiger partial charge in [-0.3, -0.25) is 9.69 Å². The lowest BCUT2D eigenvalue weighted by atomic mass is 10.0. The number of rotatable bonds is 6. The molecule has 1 unspecified atom stereocenters. The summed E-state index contributed by atoms with van der Waals surface area (Å²) in [5.74, 6) is -0.594. The maximum Gasteiger partial charge on any atom is 0.326 e. The Labute approximate surface area is 144 Å². The van der Waals surface area contributed by atoms with Gasteiger partial charge in [-0.2, -0.15) is 0 Å². The Hall–Kier alpha value is -1.86. The molecule has 23 heavy (non-hydrogen) atoms. The number of amides is 1. The van der Waals surface area contributed by atoms with Crippen LogP contribution in [-0.4, -0.2) is 32.2 Å². The standard InChI is InChI=1S/C16H17NO4S2/c1-10(2)9-12(15(19)20)17-14(18)13(23-16(17)22)7-3-5-11-6-4-8-21-11/h3-8,10,12H,9H2,1-2H3,(H,19,20)/b5-3+,13-7+. The van der Waals surface area contributed by atoms with Crippen molar-refractivity contribution in [2.75, 3.05) is 0 Å². The molecule has 1 aliphatic rings. The summed E-state index contributed by atoms with van der Waals surface area (Å²) in [7, 11) is 0. The van der Waals surface area contributed by atoms with Crippen LogP contribution >= 0.6 is 24.0 Å². The van der Waals surface area contributed by atoms with E-state index in [-0.39, 0.29) is 16.1 Å². The van der Waals surface area contributed by atoms with Crippen molar-refractivity contribution in [2.24, 2.45) is 5.92 Å². The molecular formula is C16H17NO4S2. The highest BCUT2D eigenvalue weighted by atomic mass is 32.2. The molecule has 0 aromatic carbocycles. The molecular weight excluding hydrogens is 334 g/mol. The fourth-order valence-electron chi connectivity index (χ4n) is 2.14. The van der Waals surface area contributed by atoms with Crippen molar-refractivity contribution < 1.29 is 19.1 Å². The van der Waals surface area contributed by atoms with Crippen LogP contribution in [0.15, 0.2) is 39.9 Å². The molecule has 0 bridgehead atoms. The van der Waals surface area contributed by atoms with Gasteiger partial charge in [-0.15, -0.1) is 0 Å². The monoisotopic (exact) mass is 351 g/mol. The lowest BCUT2D eigenvalue weighted by Gasteiger charge is -2.24. The zero-order valence-electron chi connectivity index (χ0n) is 12.8. The summed E-state index contributed by atoms with van der Waals surface area (Å²) >= 11 is 6.31. The van der Waals surface area contributed by atoms with E-state index in [4.69, 9.17) is 16.6 Å². The molecule has 1 amide bonds. The van der Waals surface area contributed by atoms with E-state index in [9.17, 15) is 14.7 Å². The van der Waals surface area contributed by atoms with Gasteiger partial charge in [-0.1, -0.05) is 43.9 Å². The van der Waals surface area contributed by atoms with E-state index in [0.717, 1.165) is 11.8 Å². The molecule has 1 aliphatic heterocycles. The van der Waals surface area contributed by atoms with Crippen LogP contribution in [0.4, 0.5) is 0 Å². The van der Waals surface area contributed by atoms with Gasteiger partial charge in [-0.05, 0) is 36.6 Å². The molecule has 1 aromatic rings. The maximum atomic E-state index is 12.5. The van der Waals surface area contributed by atoms with Crippen molar-refractivity contribution in [1.29, 1.82) is 0 Å². The number of carbonyl (C=O) groups excluding carboxylic acids is 1. The van der Waals surface area contributed by atoms with Gasteiger partial charge in [0.1, 0.15) is 16.1 Å². The Bertz CT molecular complexity index is 662. The lowest BCUT2D eigenvalue weighted by Crippen LogP contribution is -2.44. The molecule has 0 saturated carbocycles. The zero-order chi connectivity index (χ0) is 17.0. The third kappa shape index (κ3) is 4.33. The molecule has 2 rings (SSSR count). The predicted molar refractivity (Wildman–Crippen MR) is 93.7 cm³/mol. The van der Waals surface area contributed by atoms with E-state index in [1.54, 1.807) is 36.6 Å². The Morgan fingerprint density at radius 3 is 2.83 bits per heavy atom. The summed E-state index contributed by atoms with van der Waals surface area (Å²) in [5.41, 5.74) is 0. The molecule has 0 aliphatic carbocycles. The largest absolute Gasteiger partial charge is 0.480 e. The molecule has 7 heteroatoms. The van der Waals surface area contributed by atoms with Crippen LogP contribution in [0.1, 0.15) is 26.0 Å². The summed E-state index contributed by atoms with van der Waals surface area (Å²) in [6.45, 7) is 3.82. The van der Waals surface area contributed by atoms with Crippen LogP contribution in [-0.2, 0) is 9.59 Å². The van der Waals surface area contributed by atoms with Crippen molar-refractivity contribution in [3.05, 3.63) is 41.2 Å². The van der Waals surface area contributed by atoms with Gasteiger partial charge >= 0.3 is 5.97 Å². The second-order valence-electron chi connectivity index (χ2n) is 5.43. The maximum absolute atomic E-state index is 12.5. The quantitative estimate of drug-likeness (QED) is 0.624. The van der Waals surface area contributed by atoms with Crippen molar-refractivity contribution in [1.82, 2.24) is 4.90 Å². The molecule has 1 saturated heterocycles. The average Bonchev–Trinajstić information content (AvgIpc) is 3.06. The van der Waals surface area contributed by atoms with Crippen LogP contribution in [0.25, 0.3) is 6.08 Å². The Balaban J connectivity index is 2.16. The number of carboxylic acid groups (broad SMARTS) is 1. The number of carboxylic acids is 1. The van der Waals surface area contributed by atoms with E-state index < -0.39 is 12.0 Å². The summed E-state index contributed by atoms with van der Waals surface area (Å²) in [6.07, 6.45) is 6.94. The molecule has 1 N–H and O–H groups in total. The van der Waals surface area contributed by atoms with E-state index in [1.165, 1.54) is 4.90 Å². The average molecular weight is 351 g/mol. The molecule has 5 nitrogen and oxygen atoms in total. The van der Waals surface area contributed by atoms with Crippen LogP contribution in [0.2, 0.25) is 0 Å². The number of hydrogen-bond donors (Lipinski definition) is 1. The van der Waals surface area contributed by atoms with Gasteiger partial charge in [0.15, 0.2) is 0 Å². The van der Waals surface area contributed by atoms with E-state index in [2.05, 4.69) is 0 Å². The first-order chi connectivity index (χ1) is 10.9. The predicted octanol–water partition coefficient (Wildman–Crippen LogP) is 3.54. The smallest absolute Gasteiger partial charge is 0.326 e. The first-order valence-corrected chi connectivity index (χ1v) is 8.32. The van der Waals surface area contributed by atoms with E-state index >= 15 is 0 Å². The molecule has 122 valence electrons. The van der Waals surface area contributed by atoms with E-state index in [1.807, 2.05) is 13.8 Å². The third-order valence-corrected chi connectivity index (χ3v) is 4.51. The highest BCUT2D eigenvalue weighted by Gasteiger charge is 2.40. The number of furan rings is 1. The number of thiocarbonyl (C=S) groups is 1. The minimum Gasteiger partial charge on any atom is -0.480 e. The number of thioether (sulfide) groups is 1. The Morgan fingerprint density at radius 1 is 1.52 bits per heavy atom. The summed E-state index contributed by atoms with van der Waals surface area (Å²) in [6, 6.07) is 2.63. The SMILES string of the molecule is CC(C)CC(C(=O)O)N1C(=O)/C(=C\C=C\c2ccco2)SC1=S. The number of aliphatic carboxylic acids is 1. The third-order valence-electron chi connectivity index (χ3n) is 3.17. The second-order valence-corrected chi connectivity index (χ2v) is 7.11. The van der Waals surface area contributed by atoms with Crippen molar-refractivity contribution in [2.45, 2.75) is 26.3 Å². The summed E-state index contributed by atoms with van der Waals surface area (Å²) in [4.78, 5) is 25.6. The Morgan fingerprint density at radius 2 is 2.26 bits per heavy atom. The fraction of sp³-hybridized carbons (Fsp3) is 0.312. The van der Waals surface area contributed by atoms with Crippen LogP contribution in [0.5, 0.6) is 0 Å². The Kier molecular flexibility index (Phi) is 5.79. The molecule has 2 heterocycles. The zero-order valence-corrected chi connectivity index (χ0v) is 14.4. The van der Waals surface area contributed by atoms with Crippen LogP contribution < -0.4 is 0 Å². The molecule has 1 aromatic heterocycles. The van der Waals surface area contributed by atoms with Gasteiger partial charge in [0.05, 0.1) is 11.2 Å². The van der Waals surface area contributed by atoms with Gasteiger partial charge in [0, 0.05) is 0 Å².